The van der Waals surface area contributed by atoms with Gasteiger partial charge in [0.1, 0.15) is 5.41 Å². The molecule has 2 fully saturated rings. The third-order valence-corrected chi connectivity index (χ3v) is 5.31. The number of piperidine rings is 1. The van der Waals surface area contributed by atoms with Crippen LogP contribution >= 0.6 is 0 Å². The van der Waals surface area contributed by atoms with Crippen LogP contribution in [0.5, 0.6) is 0 Å². The summed E-state index contributed by atoms with van der Waals surface area (Å²) in [4.78, 5) is 29.4. The molecule has 24 heavy (non-hydrogen) atoms. The molecule has 2 aliphatic rings. The van der Waals surface area contributed by atoms with Gasteiger partial charge >= 0.3 is 0 Å². The number of nitrogens with zero attached hydrogens (tertiary/aromatic N) is 2. The lowest BCUT2D eigenvalue weighted by Gasteiger charge is -2.32. The maximum absolute atomic E-state index is 12.8. The van der Waals surface area contributed by atoms with Crippen LogP contribution < -0.4 is 10.2 Å². The molecule has 1 aromatic carbocycles. The van der Waals surface area contributed by atoms with Gasteiger partial charge in [-0.15, -0.1) is 0 Å². The van der Waals surface area contributed by atoms with Crippen LogP contribution in [0, 0.1) is 11.3 Å². The second-order valence-electron chi connectivity index (χ2n) is 7.45. The van der Waals surface area contributed by atoms with Gasteiger partial charge in [0, 0.05) is 38.6 Å². The van der Waals surface area contributed by atoms with E-state index < -0.39 is 5.41 Å². The fraction of sp³-hybridized carbons (Fsp3) is 0.579. The number of carbonyl (C=O) groups excluding carboxylic acids is 2. The molecular formula is C19H27N3O2. The van der Waals surface area contributed by atoms with Gasteiger partial charge in [0.25, 0.3) is 0 Å². The molecule has 0 bridgehead atoms. The Morgan fingerprint density at radius 1 is 1.12 bits per heavy atom. The molecule has 5 nitrogen and oxygen atoms in total. The average molecular weight is 329 g/mol. The first-order valence-electron chi connectivity index (χ1n) is 8.80. The van der Waals surface area contributed by atoms with Gasteiger partial charge in [0.15, 0.2) is 0 Å². The van der Waals surface area contributed by atoms with Gasteiger partial charge in [-0.2, -0.15) is 0 Å². The molecule has 1 aliphatic carbocycles. The van der Waals surface area contributed by atoms with E-state index in [4.69, 9.17) is 0 Å². The van der Waals surface area contributed by atoms with Crippen LogP contribution in [0.25, 0.3) is 0 Å². The molecule has 1 N–H and O–H groups in total. The molecule has 2 amide bonds. The SMILES string of the molecule is CC1CCN(C(=O)C2(C(=O)Nc3ccc(N(C)C)cc3)CC2)CC1. The number of nitrogens with one attached hydrogen (secondary N) is 1. The number of benzene rings is 1. The van der Waals surface area contributed by atoms with Crippen molar-refractivity contribution >= 4 is 23.2 Å². The summed E-state index contributed by atoms with van der Waals surface area (Å²) in [5.74, 6) is 0.550. The highest BCUT2D eigenvalue weighted by molar-refractivity contribution is 6.13. The summed E-state index contributed by atoms with van der Waals surface area (Å²) in [6, 6.07) is 7.69. The zero-order chi connectivity index (χ0) is 17.3. The lowest BCUT2D eigenvalue weighted by Crippen LogP contribution is -2.46. The largest absolute Gasteiger partial charge is 0.378 e. The van der Waals surface area contributed by atoms with Gasteiger partial charge in [-0.1, -0.05) is 6.92 Å². The molecule has 1 saturated carbocycles. The standard InChI is InChI=1S/C19H27N3O2/c1-14-8-12-22(13-9-14)18(24)19(10-11-19)17(23)20-15-4-6-16(7-5-15)21(2)3/h4-7,14H,8-13H2,1-3H3,(H,20,23). The van der Waals surface area contributed by atoms with Crippen molar-refractivity contribution in [1.29, 1.82) is 0 Å². The third kappa shape index (κ3) is 3.25. The van der Waals surface area contributed by atoms with E-state index in [9.17, 15) is 9.59 Å². The monoisotopic (exact) mass is 329 g/mol. The van der Waals surface area contributed by atoms with E-state index in [-0.39, 0.29) is 11.8 Å². The lowest BCUT2D eigenvalue weighted by atomic mass is 9.96. The predicted octanol–water partition coefficient (Wildman–Crippen LogP) is 2.73. The maximum atomic E-state index is 12.8. The first-order chi connectivity index (χ1) is 11.4. The molecule has 5 heteroatoms. The molecule has 130 valence electrons. The van der Waals surface area contributed by atoms with E-state index in [1.165, 1.54) is 0 Å². The van der Waals surface area contributed by atoms with Crippen LogP contribution in [0.4, 0.5) is 11.4 Å². The Labute approximate surface area is 144 Å². The van der Waals surface area contributed by atoms with E-state index in [1.54, 1.807) is 0 Å². The predicted molar refractivity (Wildman–Crippen MR) is 96.0 cm³/mol. The normalized spacial score (nSPS) is 19.7. The highest BCUT2D eigenvalue weighted by atomic mass is 16.2. The zero-order valence-electron chi connectivity index (χ0n) is 14.8. The molecule has 0 spiro atoms. The fourth-order valence-electron chi connectivity index (χ4n) is 3.27. The topological polar surface area (TPSA) is 52.7 Å². The van der Waals surface area contributed by atoms with E-state index in [2.05, 4.69) is 12.2 Å². The molecule has 0 radical (unpaired) electrons. The Hall–Kier alpha value is -2.04. The number of hydrogen-bond acceptors (Lipinski definition) is 3. The maximum Gasteiger partial charge on any atom is 0.240 e. The quantitative estimate of drug-likeness (QED) is 0.864. The highest BCUT2D eigenvalue weighted by Crippen LogP contribution is 2.48. The summed E-state index contributed by atoms with van der Waals surface area (Å²) in [5, 5.41) is 2.93. The number of anilines is 2. The molecule has 1 aromatic rings. The third-order valence-electron chi connectivity index (χ3n) is 5.31. The van der Waals surface area contributed by atoms with Crippen molar-refractivity contribution in [2.45, 2.75) is 32.6 Å². The summed E-state index contributed by atoms with van der Waals surface area (Å²) in [7, 11) is 3.95. The molecule has 1 aliphatic heterocycles. The van der Waals surface area contributed by atoms with E-state index in [1.807, 2.05) is 48.2 Å². The van der Waals surface area contributed by atoms with Gasteiger partial charge in [-0.3, -0.25) is 9.59 Å². The van der Waals surface area contributed by atoms with Crippen LogP contribution in [0.1, 0.15) is 32.6 Å². The Bertz CT molecular complexity index is 612. The second-order valence-corrected chi connectivity index (χ2v) is 7.45. The number of amides is 2. The van der Waals surface area contributed by atoms with Gasteiger partial charge in [0.2, 0.25) is 11.8 Å². The van der Waals surface area contributed by atoms with Crippen molar-refractivity contribution in [2.24, 2.45) is 11.3 Å². The zero-order valence-corrected chi connectivity index (χ0v) is 14.8. The van der Waals surface area contributed by atoms with Crippen LogP contribution in [0.15, 0.2) is 24.3 Å². The van der Waals surface area contributed by atoms with E-state index >= 15 is 0 Å². The van der Waals surface area contributed by atoms with Crippen molar-refractivity contribution in [1.82, 2.24) is 4.90 Å². The first kappa shape index (κ1) is 16.8. The number of rotatable bonds is 4. The summed E-state index contributed by atoms with van der Waals surface area (Å²) < 4.78 is 0. The van der Waals surface area contributed by atoms with Crippen LogP contribution in [-0.4, -0.2) is 43.9 Å². The minimum atomic E-state index is -0.819. The van der Waals surface area contributed by atoms with Crippen LogP contribution in [0.3, 0.4) is 0 Å². The van der Waals surface area contributed by atoms with Gasteiger partial charge in [0.05, 0.1) is 0 Å². The number of carbonyl (C=O) groups is 2. The second kappa shape index (κ2) is 6.46. The Kier molecular flexibility index (Phi) is 4.52. The van der Waals surface area contributed by atoms with E-state index in [0.29, 0.717) is 18.8 Å². The van der Waals surface area contributed by atoms with Crippen LogP contribution in [-0.2, 0) is 9.59 Å². The molecule has 3 rings (SSSR count). The summed E-state index contributed by atoms with van der Waals surface area (Å²) >= 11 is 0. The minimum Gasteiger partial charge on any atom is -0.378 e. The molecule has 0 atom stereocenters. The smallest absolute Gasteiger partial charge is 0.240 e. The Balaban J connectivity index is 1.64. The molecule has 0 unspecified atom stereocenters. The molecule has 1 heterocycles. The van der Waals surface area contributed by atoms with Crippen molar-refractivity contribution in [3.05, 3.63) is 24.3 Å². The first-order valence-corrected chi connectivity index (χ1v) is 8.80. The Morgan fingerprint density at radius 2 is 1.71 bits per heavy atom. The lowest BCUT2D eigenvalue weighted by molar-refractivity contribution is -0.143. The van der Waals surface area contributed by atoms with E-state index in [0.717, 1.165) is 37.3 Å². The number of hydrogen-bond donors (Lipinski definition) is 1. The molecule has 0 aromatic heterocycles. The van der Waals surface area contributed by atoms with Crippen molar-refractivity contribution in [3.8, 4) is 0 Å². The van der Waals surface area contributed by atoms with Crippen molar-refractivity contribution < 1.29 is 9.59 Å². The summed E-state index contributed by atoms with van der Waals surface area (Å²) in [5.41, 5.74) is 1.01. The van der Waals surface area contributed by atoms with Gasteiger partial charge < -0.3 is 15.1 Å². The average Bonchev–Trinajstić information content (AvgIpc) is 3.37. The summed E-state index contributed by atoms with van der Waals surface area (Å²) in [6.45, 7) is 3.79. The van der Waals surface area contributed by atoms with Crippen molar-refractivity contribution in [3.63, 3.8) is 0 Å². The Morgan fingerprint density at radius 3 is 2.21 bits per heavy atom. The summed E-state index contributed by atoms with van der Waals surface area (Å²) in [6.07, 6.45) is 3.41. The van der Waals surface area contributed by atoms with Gasteiger partial charge in [-0.25, -0.2) is 0 Å². The van der Waals surface area contributed by atoms with Gasteiger partial charge in [-0.05, 0) is 55.9 Å². The molecular weight excluding hydrogens is 302 g/mol. The van der Waals surface area contributed by atoms with Crippen molar-refractivity contribution in [2.75, 3.05) is 37.4 Å². The highest BCUT2D eigenvalue weighted by Gasteiger charge is 2.58. The minimum absolute atomic E-state index is 0.0248. The molecule has 1 saturated heterocycles. The fourth-order valence-corrected chi connectivity index (χ4v) is 3.27. The number of likely N-dealkylation sites (tertiary alicyclic amines) is 1. The van der Waals surface area contributed by atoms with Crippen LogP contribution in [0.2, 0.25) is 0 Å².